The topological polar surface area (TPSA) is 149 Å². The van der Waals surface area contributed by atoms with E-state index in [1.54, 1.807) is 4.90 Å². The molecule has 2 aliphatic rings. The number of hydrogen-bond acceptors (Lipinski definition) is 8. The molecule has 29 heavy (non-hydrogen) atoms. The van der Waals surface area contributed by atoms with Crippen LogP contribution in [0.5, 0.6) is 0 Å². The van der Waals surface area contributed by atoms with Crippen LogP contribution in [0, 0.1) is 0 Å². The van der Waals surface area contributed by atoms with Crippen LogP contribution in [0.2, 0.25) is 0 Å². The second-order valence-corrected chi connectivity index (χ2v) is 7.68. The smallest absolute Gasteiger partial charge is 0.222 e. The molecule has 0 radical (unpaired) electrons. The van der Waals surface area contributed by atoms with Crippen LogP contribution in [0.4, 0.5) is 0 Å². The number of nitrogens with zero attached hydrogens (tertiary/aromatic N) is 1. The molecular weight excluding hydrogens is 384 g/mol. The predicted octanol–water partition coefficient (Wildman–Crippen LogP) is -1.51. The summed E-state index contributed by atoms with van der Waals surface area (Å²) in [7, 11) is 0. The third kappa shape index (κ3) is 6.59. The first-order valence-electron chi connectivity index (χ1n) is 10.3. The summed E-state index contributed by atoms with van der Waals surface area (Å²) in [4.78, 5) is 25.4. The van der Waals surface area contributed by atoms with Gasteiger partial charge in [0.1, 0.15) is 24.4 Å². The van der Waals surface area contributed by atoms with Crippen molar-refractivity contribution in [3.05, 3.63) is 0 Å². The number of aliphatic hydroxyl groups is 4. The molecule has 2 heterocycles. The van der Waals surface area contributed by atoms with Crippen molar-refractivity contribution in [1.82, 2.24) is 10.2 Å². The monoisotopic (exact) mass is 418 g/mol. The summed E-state index contributed by atoms with van der Waals surface area (Å²) in [6.45, 7) is 1.78. The molecule has 2 amide bonds. The zero-order valence-electron chi connectivity index (χ0n) is 16.9. The molecule has 6 atom stereocenters. The van der Waals surface area contributed by atoms with E-state index in [1.807, 2.05) is 0 Å². The van der Waals surface area contributed by atoms with Gasteiger partial charge in [0.2, 0.25) is 11.8 Å². The lowest BCUT2D eigenvalue weighted by Gasteiger charge is -2.42. The van der Waals surface area contributed by atoms with E-state index in [4.69, 9.17) is 9.47 Å². The van der Waals surface area contributed by atoms with E-state index in [1.165, 1.54) is 6.92 Å². The number of unbranched alkanes of at least 4 members (excludes halogenated alkanes) is 2. The zero-order valence-corrected chi connectivity index (χ0v) is 16.9. The second-order valence-electron chi connectivity index (χ2n) is 7.68. The van der Waals surface area contributed by atoms with Crippen LogP contribution in [0.3, 0.4) is 0 Å². The number of ether oxygens (including phenoxy) is 2. The molecular formula is C19H34N2O8. The van der Waals surface area contributed by atoms with Crippen molar-refractivity contribution in [2.45, 2.75) is 82.1 Å². The van der Waals surface area contributed by atoms with Gasteiger partial charge >= 0.3 is 0 Å². The SMILES string of the molecule is CC(=O)NC1C(OCCCCCC(=O)N2CCC[C@H]2CO)OC(CO)C(O)C1O. The van der Waals surface area contributed by atoms with E-state index in [0.29, 0.717) is 25.8 Å². The molecule has 0 bridgehead atoms. The van der Waals surface area contributed by atoms with Crippen molar-refractivity contribution in [2.75, 3.05) is 26.4 Å². The first-order valence-corrected chi connectivity index (χ1v) is 10.3. The summed E-state index contributed by atoms with van der Waals surface area (Å²) in [6.07, 6.45) is -0.381. The number of hydrogen-bond donors (Lipinski definition) is 5. The lowest BCUT2D eigenvalue weighted by atomic mass is 9.97. The number of likely N-dealkylation sites (tertiary alicyclic amines) is 1. The number of nitrogens with one attached hydrogen (secondary N) is 1. The van der Waals surface area contributed by atoms with Gasteiger partial charge in [0.15, 0.2) is 6.29 Å². The Bertz CT molecular complexity index is 534. The summed E-state index contributed by atoms with van der Waals surface area (Å²) >= 11 is 0. The molecule has 10 heteroatoms. The first-order chi connectivity index (χ1) is 13.9. The van der Waals surface area contributed by atoms with E-state index in [0.717, 1.165) is 19.3 Å². The summed E-state index contributed by atoms with van der Waals surface area (Å²) in [5.41, 5.74) is 0. The Morgan fingerprint density at radius 1 is 1.14 bits per heavy atom. The molecule has 0 saturated carbocycles. The molecule has 0 spiro atoms. The van der Waals surface area contributed by atoms with Crippen molar-refractivity contribution in [3.63, 3.8) is 0 Å². The molecule has 2 saturated heterocycles. The highest BCUT2D eigenvalue weighted by Crippen LogP contribution is 2.23. The van der Waals surface area contributed by atoms with Crippen LogP contribution in [-0.2, 0) is 19.1 Å². The number of rotatable bonds is 10. The van der Waals surface area contributed by atoms with Crippen LogP contribution in [-0.4, -0.2) is 100 Å². The fraction of sp³-hybridized carbons (Fsp3) is 0.895. The number of carbonyl (C=O) groups is 2. The minimum atomic E-state index is -1.34. The van der Waals surface area contributed by atoms with E-state index < -0.39 is 43.2 Å². The van der Waals surface area contributed by atoms with Crippen molar-refractivity contribution in [1.29, 1.82) is 0 Å². The molecule has 2 aliphatic heterocycles. The van der Waals surface area contributed by atoms with Crippen molar-refractivity contribution in [2.24, 2.45) is 0 Å². The number of aliphatic hydroxyl groups excluding tert-OH is 4. The lowest BCUT2D eigenvalue weighted by Crippen LogP contribution is -2.64. The minimum Gasteiger partial charge on any atom is -0.394 e. The van der Waals surface area contributed by atoms with Gasteiger partial charge in [0.05, 0.1) is 19.3 Å². The third-order valence-corrected chi connectivity index (χ3v) is 5.48. The van der Waals surface area contributed by atoms with Crippen LogP contribution in [0.1, 0.15) is 45.4 Å². The second kappa shape index (κ2) is 11.8. The highest BCUT2D eigenvalue weighted by atomic mass is 16.7. The highest BCUT2D eigenvalue weighted by molar-refractivity contribution is 5.76. The van der Waals surface area contributed by atoms with Crippen LogP contribution >= 0.6 is 0 Å². The van der Waals surface area contributed by atoms with Gasteiger partial charge in [-0.3, -0.25) is 9.59 Å². The first kappa shape index (κ1) is 24.0. The Morgan fingerprint density at radius 3 is 2.55 bits per heavy atom. The van der Waals surface area contributed by atoms with E-state index in [-0.39, 0.29) is 25.2 Å². The molecule has 0 aromatic heterocycles. The number of carbonyl (C=O) groups excluding carboxylic acids is 2. The van der Waals surface area contributed by atoms with Crippen molar-refractivity contribution in [3.8, 4) is 0 Å². The molecule has 10 nitrogen and oxygen atoms in total. The lowest BCUT2D eigenvalue weighted by molar-refractivity contribution is -0.270. The summed E-state index contributed by atoms with van der Waals surface area (Å²) < 4.78 is 11.1. The zero-order chi connectivity index (χ0) is 21.4. The van der Waals surface area contributed by atoms with E-state index in [9.17, 15) is 30.0 Å². The van der Waals surface area contributed by atoms with Crippen molar-refractivity contribution >= 4 is 11.8 Å². The largest absolute Gasteiger partial charge is 0.394 e. The normalized spacial score (nSPS) is 32.4. The van der Waals surface area contributed by atoms with E-state index in [2.05, 4.69) is 5.32 Å². The standard InChI is InChI=1S/C19H34N2O8/c1-12(24)20-16-18(27)17(26)14(11-23)29-19(16)28-9-4-2-3-7-15(25)21-8-5-6-13(21)10-22/h13-14,16-19,22-23,26-27H,2-11H2,1H3,(H,20,24)/t13-,14?,16?,17?,18?,19?/m0/s1. The number of amides is 2. The Labute approximate surface area is 170 Å². The van der Waals surface area contributed by atoms with Gasteiger partial charge in [-0.15, -0.1) is 0 Å². The molecule has 0 aromatic carbocycles. The molecule has 5 unspecified atom stereocenters. The fourth-order valence-electron chi connectivity index (χ4n) is 3.86. The predicted molar refractivity (Wildman–Crippen MR) is 102 cm³/mol. The molecule has 0 aromatic rings. The summed E-state index contributed by atoms with van der Waals surface area (Å²) in [5.74, 6) is -0.339. The van der Waals surface area contributed by atoms with Crippen LogP contribution in [0.15, 0.2) is 0 Å². The maximum atomic E-state index is 12.2. The third-order valence-electron chi connectivity index (χ3n) is 5.48. The van der Waals surface area contributed by atoms with Gasteiger partial charge in [0, 0.05) is 26.5 Å². The Hall–Kier alpha value is -1.30. The molecule has 2 rings (SSSR count). The minimum absolute atomic E-state index is 0.00577. The maximum absolute atomic E-state index is 12.2. The molecule has 0 aliphatic carbocycles. The quantitative estimate of drug-likeness (QED) is 0.269. The summed E-state index contributed by atoms with van der Waals surface area (Å²) in [6, 6.07) is -1.00. The summed E-state index contributed by atoms with van der Waals surface area (Å²) in [5, 5.41) is 41.3. The van der Waals surface area contributed by atoms with Gasteiger partial charge in [-0.25, -0.2) is 0 Å². The van der Waals surface area contributed by atoms with Gasteiger partial charge < -0.3 is 40.1 Å². The molecule has 168 valence electrons. The van der Waals surface area contributed by atoms with Gasteiger partial charge in [-0.2, -0.15) is 0 Å². The Kier molecular flexibility index (Phi) is 9.73. The van der Waals surface area contributed by atoms with E-state index >= 15 is 0 Å². The van der Waals surface area contributed by atoms with Gasteiger partial charge in [-0.05, 0) is 25.7 Å². The maximum Gasteiger partial charge on any atom is 0.222 e. The van der Waals surface area contributed by atoms with Gasteiger partial charge in [0.25, 0.3) is 0 Å². The van der Waals surface area contributed by atoms with Gasteiger partial charge in [-0.1, -0.05) is 6.42 Å². The van der Waals surface area contributed by atoms with Crippen LogP contribution in [0.25, 0.3) is 0 Å². The van der Waals surface area contributed by atoms with Crippen LogP contribution < -0.4 is 5.32 Å². The average Bonchev–Trinajstić information content (AvgIpc) is 3.18. The highest BCUT2D eigenvalue weighted by Gasteiger charge is 2.45. The van der Waals surface area contributed by atoms with Crippen molar-refractivity contribution < 1.29 is 39.5 Å². The average molecular weight is 418 g/mol. The molecule has 2 fully saturated rings. The fourth-order valence-corrected chi connectivity index (χ4v) is 3.86. The molecule has 5 N–H and O–H groups in total. The Balaban J connectivity index is 1.71. The Morgan fingerprint density at radius 2 is 1.90 bits per heavy atom.